The highest BCUT2D eigenvalue weighted by molar-refractivity contribution is 6.12. The molecule has 19 heteroatoms. The van der Waals surface area contributed by atoms with E-state index in [4.69, 9.17) is 19.8 Å². The van der Waals surface area contributed by atoms with Gasteiger partial charge in [0, 0.05) is 95.4 Å². The molecule has 2 aliphatic carbocycles. The van der Waals surface area contributed by atoms with Crippen LogP contribution in [-0.4, -0.2) is 145 Å². The highest BCUT2D eigenvalue weighted by Crippen LogP contribution is 2.52. The maximum atomic E-state index is 14.2. The van der Waals surface area contributed by atoms with Gasteiger partial charge in [-0.05, 0) is 133 Å². The quantitative estimate of drug-likeness (QED) is 0.134. The van der Waals surface area contributed by atoms with Crippen LogP contribution in [0.15, 0.2) is 146 Å². The first-order valence-corrected chi connectivity index (χ1v) is 29.3. The number of hydrogen-bond donors (Lipinski definition) is 1. The SMILES string of the molecule is CC(C)(C)OC(=O)N1CC2(C1)C(=O)N(Cc1ncc3ccccc3c1-c1ccc(C#N)nc1)c1ccccc12.CN(C)C1(C(=O)N2CC3(C2)C(=O)N(Cc2ncc4ccccc4c2-c2ccc(C#N)nc2)c2ccccc23)CC1.CN(C)C1(C(=O)O)CC1. The Bertz CT molecular complexity index is 4220. The number of anilines is 2. The first-order valence-electron chi connectivity index (χ1n) is 29.3. The molecule has 8 aromatic rings. The van der Waals surface area contributed by atoms with Gasteiger partial charge in [0.05, 0.1) is 24.5 Å². The van der Waals surface area contributed by atoms with Crippen molar-refractivity contribution in [1.29, 1.82) is 10.5 Å². The molecule has 444 valence electrons. The number of likely N-dealkylation sites (N-methyl/N-ethyl adjacent to an activating group) is 2. The van der Waals surface area contributed by atoms with Crippen LogP contribution in [0, 0.1) is 22.7 Å². The number of ether oxygens (including phenoxy) is 1. The second kappa shape index (κ2) is 22.1. The number of nitrogens with zero attached hydrogens (tertiary/aromatic N) is 12. The average Bonchev–Trinajstić information content (AvgIpc) is 1.54. The highest BCUT2D eigenvalue weighted by Gasteiger charge is 2.64. The number of aromatic nitrogens is 4. The molecule has 0 bridgehead atoms. The Balaban J connectivity index is 0.000000150. The number of pyridine rings is 4. The summed E-state index contributed by atoms with van der Waals surface area (Å²) in [7, 11) is 7.52. The summed E-state index contributed by atoms with van der Waals surface area (Å²) in [4.78, 5) is 93.9. The van der Waals surface area contributed by atoms with Crippen molar-refractivity contribution in [2.45, 2.75) is 87.1 Å². The van der Waals surface area contributed by atoms with Gasteiger partial charge < -0.3 is 29.4 Å². The molecule has 2 spiro atoms. The van der Waals surface area contributed by atoms with Crippen LogP contribution in [-0.2, 0) is 47.8 Å². The van der Waals surface area contributed by atoms with E-state index in [0.717, 1.165) is 103 Å². The van der Waals surface area contributed by atoms with Crippen molar-refractivity contribution in [2.75, 3.05) is 64.2 Å². The molecule has 19 nitrogen and oxygen atoms in total. The van der Waals surface area contributed by atoms with Gasteiger partial charge in [-0.3, -0.25) is 38.9 Å². The number of likely N-dealkylation sites (tertiary alicyclic amines) is 2. The number of amides is 4. The summed E-state index contributed by atoms with van der Waals surface area (Å²) >= 11 is 0. The molecule has 4 aromatic carbocycles. The molecular formula is C69H66N12O7. The van der Waals surface area contributed by atoms with Gasteiger partial charge in [0.1, 0.15) is 51.0 Å². The molecule has 4 amide bonds. The third-order valence-corrected chi connectivity index (χ3v) is 18.2. The number of carbonyl (C=O) groups excluding carboxylic acids is 4. The maximum absolute atomic E-state index is 14.2. The number of benzene rings is 4. The van der Waals surface area contributed by atoms with Crippen LogP contribution in [0.5, 0.6) is 0 Å². The normalized spacial score (nSPS) is 17.4. The topological polar surface area (TPSA) is 233 Å². The third kappa shape index (κ3) is 9.99. The van der Waals surface area contributed by atoms with Crippen LogP contribution in [0.1, 0.15) is 80.4 Å². The summed E-state index contributed by atoms with van der Waals surface area (Å²) < 4.78 is 5.54. The second-order valence-electron chi connectivity index (χ2n) is 25.1. The van der Waals surface area contributed by atoms with Gasteiger partial charge in [0.2, 0.25) is 17.7 Å². The molecule has 2 saturated carbocycles. The minimum Gasteiger partial charge on any atom is -0.480 e. The maximum Gasteiger partial charge on any atom is 0.410 e. The first kappa shape index (κ1) is 58.4. The lowest BCUT2D eigenvalue weighted by atomic mass is 9.74. The van der Waals surface area contributed by atoms with Crippen molar-refractivity contribution in [1.82, 2.24) is 39.5 Å². The summed E-state index contributed by atoms with van der Waals surface area (Å²) in [5.41, 5.74) is 6.10. The van der Waals surface area contributed by atoms with Crippen LogP contribution in [0.25, 0.3) is 43.8 Å². The monoisotopic (exact) mass is 1170 g/mol. The fraction of sp³-hybridized carbons (Fsp3) is 0.319. The Hall–Kier alpha value is -9.95. The molecule has 0 unspecified atom stereocenters. The van der Waals surface area contributed by atoms with Gasteiger partial charge in [-0.25, -0.2) is 14.8 Å². The van der Waals surface area contributed by atoms with Crippen molar-refractivity contribution >= 4 is 62.7 Å². The largest absolute Gasteiger partial charge is 0.480 e. The zero-order chi connectivity index (χ0) is 62.1. The molecule has 2 saturated heterocycles. The molecule has 4 aliphatic heterocycles. The van der Waals surface area contributed by atoms with E-state index in [0.29, 0.717) is 24.5 Å². The number of aliphatic carboxylic acids is 1. The first-order chi connectivity index (χ1) is 42.2. The number of para-hydroxylation sites is 2. The summed E-state index contributed by atoms with van der Waals surface area (Å²) in [6.45, 7) is 7.35. The molecule has 88 heavy (non-hydrogen) atoms. The van der Waals surface area contributed by atoms with E-state index in [2.05, 4.69) is 22.1 Å². The van der Waals surface area contributed by atoms with E-state index < -0.39 is 39.6 Å². The van der Waals surface area contributed by atoms with E-state index in [-0.39, 0.29) is 43.9 Å². The second-order valence-corrected chi connectivity index (χ2v) is 25.1. The number of hydrogen-bond acceptors (Lipinski definition) is 14. The molecule has 6 aliphatic rings. The molecule has 1 N–H and O–H groups in total. The van der Waals surface area contributed by atoms with Gasteiger partial charge >= 0.3 is 12.1 Å². The van der Waals surface area contributed by atoms with Gasteiger partial charge in [0.15, 0.2) is 0 Å². The highest BCUT2D eigenvalue weighted by atomic mass is 16.6. The number of nitriles is 2. The van der Waals surface area contributed by atoms with Gasteiger partial charge in [-0.1, -0.05) is 84.9 Å². The van der Waals surface area contributed by atoms with Crippen LogP contribution >= 0.6 is 0 Å². The van der Waals surface area contributed by atoms with Crippen LogP contribution in [0.3, 0.4) is 0 Å². The molecule has 4 aromatic heterocycles. The lowest BCUT2D eigenvalue weighted by Crippen LogP contribution is -2.68. The predicted octanol–water partition coefficient (Wildman–Crippen LogP) is 9.26. The summed E-state index contributed by atoms with van der Waals surface area (Å²) in [5.74, 6) is -0.611. The number of carboxylic acid groups (broad SMARTS) is 1. The fourth-order valence-corrected chi connectivity index (χ4v) is 13.0. The van der Waals surface area contributed by atoms with E-state index in [9.17, 15) is 34.5 Å². The van der Waals surface area contributed by atoms with Crippen molar-refractivity contribution in [2.24, 2.45) is 0 Å². The molecule has 4 fully saturated rings. The van der Waals surface area contributed by atoms with E-state index >= 15 is 0 Å². The summed E-state index contributed by atoms with van der Waals surface area (Å²) in [6, 6.07) is 42.9. The van der Waals surface area contributed by atoms with E-state index in [1.807, 2.05) is 171 Å². The third-order valence-electron chi connectivity index (χ3n) is 18.2. The predicted molar refractivity (Wildman–Crippen MR) is 331 cm³/mol. The van der Waals surface area contributed by atoms with Gasteiger partial charge in [-0.2, -0.15) is 10.5 Å². The van der Waals surface area contributed by atoms with Crippen molar-refractivity contribution < 1.29 is 33.8 Å². The van der Waals surface area contributed by atoms with Crippen molar-refractivity contribution in [3.63, 3.8) is 0 Å². The number of carboxylic acids is 1. The lowest BCUT2D eigenvalue weighted by molar-refractivity contribution is -0.149. The standard InChI is InChI=1S/C32H28N6O2.C31H27N5O3.C6H11NO2/c1-36(2)32(13-14-32)30(40)37-19-31(20-37)25-9-5-6-10-27(25)38(29(31)39)18-26-28(22-11-12-23(15-33)34-17-22)24-8-4-3-7-21(24)16-35-26;1-30(2,3)39-29(38)35-18-31(19-35)24-10-6-7-11-26(24)36(28(31)37)17-25-27(21-12-13-22(14-32)33-16-21)23-9-5-4-8-20(23)15-34-25;1-7(2)6(3-4-6)5(8)9/h3-12,16-17H,13-14,18-20H2,1-2H3;4-13,15-16H,17-19H2,1-3H3;3-4H2,1-2H3,(H,8,9). The molecule has 8 heterocycles. The van der Waals surface area contributed by atoms with Crippen LogP contribution < -0.4 is 9.80 Å². The molecule has 14 rings (SSSR count). The van der Waals surface area contributed by atoms with Crippen LogP contribution in [0.4, 0.5) is 16.2 Å². The van der Waals surface area contributed by atoms with E-state index in [1.165, 1.54) is 0 Å². The Morgan fingerprint density at radius 1 is 0.557 bits per heavy atom. The van der Waals surface area contributed by atoms with Crippen molar-refractivity contribution in [3.8, 4) is 34.4 Å². The molecule has 0 atom stereocenters. The summed E-state index contributed by atoms with van der Waals surface area (Å²) in [5, 5.41) is 31.1. The van der Waals surface area contributed by atoms with Crippen LogP contribution in [0.2, 0.25) is 0 Å². The zero-order valence-electron chi connectivity index (χ0n) is 50.2. The number of fused-ring (bicyclic) bond motifs is 6. The number of rotatable bonds is 10. The Morgan fingerprint density at radius 3 is 1.33 bits per heavy atom. The summed E-state index contributed by atoms with van der Waals surface area (Å²) in [6.07, 6.45) is 9.94. The minimum absolute atomic E-state index is 0.00584. The Kier molecular flexibility index (Phi) is 14.7. The number of carbonyl (C=O) groups is 5. The van der Waals surface area contributed by atoms with Crippen molar-refractivity contribution in [3.05, 3.63) is 180 Å². The van der Waals surface area contributed by atoms with Gasteiger partial charge in [0.25, 0.3) is 0 Å². The Morgan fingerprint density at radius 2 is 0.966 bits per heavy atom. The minimum atomic E-state index is -0.805. The molecule has 0 radical (unpaired) electrons. The lowest BCUT2D eigenvalue weighted by Gasteiger charge is -2.48. The fourth-order valence-electron chi connectivity index (χ4n) is 13.0. The van der Waals surface area contributed by atoms with E-state index in [1.54, 1.807) is 53.3 Å². The average molecular weight is 1180 g/mol. The Labute approximate surface area is 510 Å². The zero-order valence-corrected chi connectivity index (χ0v) is 50.2. The van der Waals surface area contributed by atoms with Gasteiger partial charge in [-0.15, -0.1) is 0 Å². The smallest absolute Gasteiger partial charge is 0.410 e. The molecular weight excluding hydrogens is 1110 g/mol.